The molecule has 0 aromatic heterocycles. The van der Waals surface area contributed by atoms with Gasteiger partial charge in [-0.3, -0.25) is 9.59 Å². The van der Waals surface area contributed by atoms with Gasteiger partial charge >= 0.3 is 0 Å². The van der Waals surface area contributed by atoms with Crippen LogP contribution in [0.1, 0.15) is 72.7 Å². The highest BCUT2D eigenvalue weighted by molar-refractivity contribution is 6.00. The number of carbonyl (C=O) groups is 2. The van der Waals surface area contributed by atoms with E-state index in [2.05, 4.69) is 6.92 Å². The zero-order valence-electron chi connectivity index (χ0n) is 11.6. The number of hydrogen-bond donors (Lipinski definition) is 0. The molecule has 98 valence electrons. The normalized spacial score (nSPS) is 10.4. The molecule has 0 fully saturated rings. The van der Waals surface area contributed by atoms with Crippen LogP contribution in [0.15, 0.2) is 18.2 Å². The minimum absolute atomic E-state index is 0.00929. The lowest BCUT2D eigenvalue weighted by atomic mass is 9.95. The van der Waals surface area contributed by atoms with Gasteiger partial charge in [0.05, 0.1) is 0 Å². The van der Waals surface area contributed by atoms with Gasteiger partial charge in [0, 0.05) is 11.1 Å². The fraction of sp³-hybridized carbons (Fsp3) is 0.500. The maximum atomic E-state index is 11.6. The third-order valence-electron chi connectivity index (χ3n) is 3.20. The molecule has 18 heavy (non-hydrogen) atoms. The smallest absolute Gasteiger partial charge is 0.160 e. The zero-order chi connectivity index (χ0) is 13.5. The van der Waals surface area contributed by atoms with Crippen LogP contribution < -0.4 is 0 Å². The van der Waals surface area contributed by atoms with Gasteiger partial charge in [0.1, 0.15) is 0 Å². The summed E-state index contributed by atoms with van der Waals surface area (Å²) in [6.07, 6.45) is 5.67. The Morgan fingerprint density at radius 2 is 1.72 bits per heavy atom. The highest BCUT2D eigenvalue weighted by Crippen LogP contribution is 2.17. The maximum Gasteiger partial charge on any atom is 0.160 e. The van der Waals surface area contributed by atoms with Crippen molar-refractivity contribution in [1.29, 1.82) is 0 Å². The maximum absolute atomic E-state index is 11.6. The molecule has 0 aliphatic carbocycles. The molecule has 2 heteroatoms. The highest BCUT2D eigenvalue weighted by atomic mass is 16.1. The van der Waals surface area contributed by atoms with Crippen LogP contribution in [0, 0.1) is 0 Å². The monoisotopic (exact) mass is 246 g/mol. The van der Waals surface area contributed by atoms with Crippen LogP contribution in [0.4, 0.5) is 0 Å². The Kier molecular flexibility index (Phi) is 5.76. The largest absolute Gasteiger partial charge is 0.295 e. The molecule has 0 atom stereocenters. The van der Waals surface area contributed by atoms with Gasteiger partial charge in [0.25, 0.3) is 0 Å². The van der Waals surface area contributed by atoms with Gasteiger partial charge in [0.2, 0.25) is 0 Å². The Balaban J connectivity index is 2.83. The topological polar surface area (TPSA) is 34.1 Å². The fourth-order valence-corrected chi connectivity index (χ4v) is 2.08. The van der Waals surface area contributed by atoms with Gasteiger partial charge in [-0.15, -0.1) is 0 Å². The summed E-state index contributed by atoms with van der Waals surface area (Å²) >= 11 is 0. The van der Waals surface area contributed by atoms with Crippen molar-refractivity contribution in [1.82, 2.24) is 0 Å². The molecule has 1 aromatic rings. The molecule has 0 aliphatic rings. The lowest BCUT2D eigenvalue weighted by Gasteiger charge is -2.08. The third kappa shape index (κ3) is 4.10. The predicted molar refractivity (Wildman–Crippen MR) is 74.3 cm³/mol. The molecule has 0 amide bonds. The molecular formula is C16H22O2. The first-order valence-corrected chi connectivity index (χ1v) is 6.71. The number of aryl methyl sites for hydroxylation is 1. The Morgan fingerprint density at radius 3 is 2.28 bits per heavy atom. The van der Waals surface area contributed by atoms with E-state index in [1.54, 1.807) is 13.0 Å². The molecule has 0 saturated carbocycles. The summed E-state index contributed by atoms with van der Waals surface area (Å²) in [5.41, 5.74) is 2.40. The molecule has 0 N–H and O–H groups in total. The van der Waals surface area contributed by atoms with Crippen molar-refractivity contribution in [2.24, 2.45) is 0 Å². The summed E-state index contributed by atoms with van der Waals surface area (Å²) in [5, 5.41) is 0. The predicted octanol–water partition coefficient (Wildman–Crippen LogP) is 4.21. The average molecular weight is 246 g/mol. The number of unbranched alkanes of at least 4 members (excludes halogenated alkanes) is 3. The lowest BCUT2D eigenvalue weighted by molar-refractivity contribution is 0.101. The second-order valence-electron chi connectivity index (χ2n) is 4.79. The lowest BCUT2D eigenvalue weighted by Crippen LogP contribution is -2.03. The molecule has 0 radical (unpaired) electrons. The highest BCUT2D eigenvalue weighted by Gasteiger charge is 2.10. The second-order valence-corrected chi connectivity index (χ2v) is 4.79. The first-order chi connectivity index (χ1) is 8.56. The Bertz CT molecular complexity index is 433. The molecular weight excluding hydrogens is 224 g/mol. The van der Waals surface area contributed by atoms with Crippen molar-refractivity contribution >= 4 is 11.6 Å². The van der Waals surface area contributed by atoms with Crippen molar-refractivity contribution < 1.29 is 9.59 Å². The van der Waals surface area contributed by atoms with Crippen molar-refractivity contribution in [2.45, 2.75) is 52.9 Å². The number of benzene rings is 1. The quantitative estimate of drug-likeness (QED) is 0.533. The van der Waals surface area contributed by atoms with E-state index in [0.29, 0.717) is 11.1 Å². The van der Waals surface area contributed by atoms with E-state index in [1.165, 1.54) is 26.2 Å². The molecule has 0 bridgehead atoms. The molecule has 2 nitrogen and oxygen atoms in total. The Labute approximate surface area is 109 Å². The summed E-state index contributed by atoms with van der Waals surface area (Å²) in [6.45, 7) is 5.28. The van der Waals surface area contributed by atoms with E-state index in [9.17, 15) is 9.59 Å². The summed E-state index contributed by atoms with van der Waals surface area (Å²) in [7, 11) is 0. The SMILES string of the molecule is CCCCCCc1ccc(C(C)=O)cc1C(C)=O. The van der Waals surface area contributed by atoms with Crippen LogP contribution in [0.5, 0.6) is 0 Å². The van der Waals surface area contributed by atoms with Crippen molar-refractivity contribution in [3.8, 4) is 0 Å². The number of Topliss-reactive ketones (excluding diaryl/α,β-unsaturated/α-hetero) is 2. The number of carbonyl (C=O) groups excluding carboxylic acids is 2. The summed E-state index contributed by atoms with van der Waals surface area (Å²) in [5.74, 6) is 0.0543. The Hall–Kier alpha value is -1.44. The molecule has 0 aliphatic heterocycles. The summed E-state index contributed by atoms with van der Waals surface area (Å²) in [6, 6.07) is 5.49. The van der Waals surface area contributed by atoms with Gasteiger partial charge in [-0.25, -0.2) is 0 Å². The van der Waals surface area contributed by atoms with Crippen molar-refractivity contribution in [2.75, 3.05) is 0 Å². The average Bonchev–Trinajstić information content (AvgIpc) is 2.34. The number of rotatable bonds is 7. The molecule has 0 spiro atoms. The van der Waals surface area contributed by atoms with E-state index >= 15 is 0 Å². The molecule has 0 unspecified atom stereocenters. The first kappa shape index (κ1) is 14.6. The van der Waals surface area contributed by atoms with Gasteiger partial charge in [0.15, 0.2) is 11.6 Å². The van der Waals surface area contributed by atoms with Crippen molar-refractivity contribution in [3.05, 3.63) is 34.9 Å². The minimum Gasteiger partial charge on any atom is -0.295 e. The minimum atomic E-state index is 0.00929. The molecule has 1 rings (SSSR count). The van der Waals surface area contributed by atoms with Gasteiger partial charge < -0.3 is 0 Å². The Morgan fingerprint density at radius 1 is 1.00 bits per heavy atom. The number of hydrogen-bond acceptors (Lipinski definition) is 2. The van der Waals surface area contributed by atoms with Crippen LogP contribution in [0.25, 0.3) is 0 Å². The van der Waals surface area contributed by atoms with Crippen LogP contribution in [0.2, 0.25) is 0 Å². The molecule has 1 aromatic carbocycles. The fourth-order valence-electron chi connectivity index (χ4n) is 2.08. The van der Waals surface area contributed by atoms with Gasteiger partial charge in [-0.2, -0.15) is 0 Å². The van der Waals surface area contributed by atoms with E-state index in [1.807, 2.05) is 12.1 Å². The summed E-state index contributed by atoms with van der Waals surface area (Å²) < 4.78 is 0. The van der Waals surface area contributed by atoms with Crippen molar-refractivity contribution in [3.63, 3.8) is 0 Å². The van der Waals surface area contributed by atoms with Crippen LogP contribution in [-0.2, 0) is 6.42 Å². The molecule has 0 saturated heterocycles. The van der Waals surface area contributed by atoms with Crippen LogP contribution >= 0.6 is 0 Å². The first-order valence-electron chi connectivity index (χ1n) is 6.71. The van der Waals surface area contributed by atoms with E-state index in [4.69, 9.17) is 0 Å². The van der Waals surface area contributed by atoms with E-state index < -0.39 is 0 Å². The standard InChI is InChI=1S/C16H22O2/c1-4-5-6-7-8-14-9-10-15(12(2)17)11-16(14)13(3)18/h9-11H,4-8H2,1-3H3. The summed E-state index contributed by atoms with van der Waals surface area (Å²) in [4.78, 5) is 22.9. The van der Waals surface area contributed by atoms with Crippen LogP contribution in [-0.4, -0.2) is 11.6 Å². The number of ketones is 2. The van der Waals surface area contributed by atoms with Gasteiger partial charge in [-0.05, 0) is 38.3 Å². The van der Waals surface area contributed by atoms with E-state index in [0.717, 1.165) is 18.4 Å². The van der Waals surface area contributed by atoms with Gasteiger partial charge in [-0.1, -0.05) is 38.3 Å². The second kappa shape index (κ2) is 7.10. The zero-order valence-corrected chi connectivity index (χ0v) is 11.6. The van der Waals surface area contributed by atoms with E-state index in [-0.39, 0.29) is 11.6 Å². The van der Waals surface area contributed by atoms with Crippen LogP contribution in [0.3, 0.4) is 0 Å². The molecule has 0 heterocycles. The third-order valence-corrected chi connectivity index (χ3v) is 3.20.